The molecule has 4 nitrogen and oxygen atoms in total. The van der Waals surface area contributed by atoms with Gasteiger partial charge >= 0.3 is 0 Å². The average molecular weight is 252 g/mol. The maximum absolute atomic E-state index is 13.7. The van der Waals surface area contributed by atoms with Gasteiger partial charge in [0, 0.05) is 6.07 Å². The third-order valence-electron chi connectivity index (χ3n) is 2.91. The van der Waals surface area contributed by atoms with Crippen LogP contribution >= 0.6 is 0 Å². The van der Waals surface area contributed by atoms with Crippen LogP contribution < -0.4 is 5.32 Å². The van der Waals surface area contributed by atoms with Crippen LogP contribution in [0.25, 0.3) is 5.69 Å². The molecule has 0 saturated heterocycles. The molecule has 0 aliphatic rings. The van der Waals surface area contributed by atoms with E-state index in [1.165, 1.54) is 4.68 Å². The van der Waals surface area contributed by atoms with E-state index in [4.69, 9.17) is 0 Å². The second-order valence-electron chi connectivity index (χ2n) is 4.08. The predicted molar refractivity (Wildman–Crippen MR) is 63.5 cm³/mol. The first-order valence-corrected chi connectivity index (χ1v) is 5.59. The molecule has 1 unspecified atom stereocenters. The van der Waals surface area contributed by atoms with Crippen LogP contribution in [0.15, 0.2) is 18.2 Å². The van der Waals surface area contributed by atoms with E-state index in [1.54, 1.807) is 14.0 Å². The number of benzene rings is 1. The smallest absolute Gasteiger partial charge is 0.149 e. The third kappa shape index (κ3) is 2.11. The van der Waals surface area contributed by atoms with Gasteiger partial charge in [-0.25, -0.2) is 13.5 Å². The molecule has 1 aromatic heterocycles. The van der Waals surface area contributed by atoms with Crippen molar-refractivity contribution in [2.24, 2.45) is 0 Å². The minimum absolute atomic E-state index is 0.00429. The maximum atomic E-state index is 13.7. The maximum Gasteiger partial charge on any atom is 0.149 e. The van der Waals surface area contributed by atoms with E-state index in [9.17, 15) is 8.78 Å². The second-order valence-corrected chi connectivity index (χ2v) is 4.08. The van der Waals surface area contributed by atoms with Crippen LogP contribution in [0.1, 0.15) is 24.4 Å². The normalized spacial score (nSPS) is 12.7. The van der Waals surface area contributed by atoms with Gasteiger partial charge < -0.3 is 5.32 Å². The monoisotopic (exact) mass is 252 g/mol. The number of aromatic nitrogens is 3. The lowest BCUT2D eigenvalue weighted by atomic mass is 10.2. The fourth-order valence-corrected chi connectivity index (χ4v) is 1.75. The van der Waals surface area contributed by atoms with Crippen molar-refractivity contribution >= 4 is 0 Å². The topological polar surface area (TPSA) is 42.7 Å². The largest absolute Gasteiger partial charge is 0.312 e. The number of hydrogen-bond acceptors (Lipinski definition) is 3. The molecule has 2 aromatic rings. The lowest BCUT2D eigenvalue weighted by Crippen LogP contribution is -2.14. The second kappa shape index (κ2) is 4.81. The van der Waals surface area contributed by atoms with E-state index in [-0.39, 0.29) is 11.7 Å². The molecule has 18 heavy (non-hydrogen) atoms. The van der Waals surface area contributed by atoms with Gasteiger partial charge in [-0.15, -0.1) is 5.10 Å². The van der Waals surface area contributed by atoms with Crippen LogP contribution in [0, 0.1) is 18.6 Å². The molecule has 96 valence electrons. The Balaban J connectivity index is 2.52. The highest BCUT2D eigenvalue weighted by Gasteiger charge is 2.17. The van der Waals surface area contributed by atoms with E-state index < -0.39 is 11.6 Å². The summed E-state index contributed by atoms with van der Waals surface area (Å²) in [7, 11) is 1.80. The van der Waals surface area contributed by atoms with E-state index in [1.807, 2.05) is 6.92 Å². The van der Waals surface area contributed by atoms with Gasteiger partial charge in [-0.3, -0.25) is 0 Å². The average Bonchev–Trinajstić information content (AvgIpc) is 2.73. The highest BCUT2D eigenvalue weighted by Crippen LogP contribution is 2.20. The van der Waals surface area contributed by atoms with E-state index >= 15 is 0 Å². The summed E-state index contributed by atoms with van der Waals surface area (Å²) in [6.07, 6.45) is 0. The molecule has 1 atom stereocenters. The standard InChI is InChI=1S/C12H14F2N4/c1-7(15-3)12-8(2)18(17-16-12)11-6-9(13)4-5-10(11)14/h4-7,15H,1-3H3. The molecule has 0 aliphatic carbocycles. The molecule has 0 spiro atoms. The summed E-state index contributed by atoms with van der Waals surface area (Å²) < 4.78 is 28.1. The molecule has 1 N–H and O–H groups in total. The summed E-state index contributed by atoms with van der Waals surface area (Å²) in [6, 6.07) is 3.25. The van der Waals surface area contributed by atoms with Crippen molar-refractivity contribution in [1.82, 2.24) is 20.3 Å². The lowest BCUT2D eigenvalue weighted by molar-refractivity contribution is 0.582. The van der Waals surface area contributed by atoms with Crippen LogP contribution in [0.5, 0.6) is 0 Å². The number of rotatable bonds is 3. The molecule has 0 radical (unpaired) electrons. The fraction of sp³-hybridized carbons (Fsp3) is 0.333. The highest BCUT2D eigenvalue weighted by atomic mass is 19.1. The minimum Gasteiger partial charge on any atom is -0.312 e. The van der Waals surface area contributed by atoms with Gasteiger partial charge in [0.2, 0.25) is 0 Å². The van der Waals surface area contributed by atoms with Crippen LogP contribution in [0.4, 0.5) is 8.78 Å². The van der Waals surface area contributed by atoms with Gasteiger partial charge in [-0.1, -0.05) is 5.21 Å². The van der Waals surface area contributed by atoms with E-state index in [0.29, 0.717) is 11.4 Å². The molecule has 1 heterocycles. The molecule has 0 bridgehead atoms. The van der Waals surface area contributed by atoms with Crippen molar-refractivity contribution in [2.75, 3.05) is 7.05 Å². The Kier molecular flexibility index (Phi) is 3.38. The Hall–Kier alpha value is -1.82. The number of hydrogen-bond donors (Lipinski definition) is 1. The predicted octanol–water partition coefficient (Wildman–Crippen LogP) is 2.13. The Labute approximate surface area is 104 Å². The van der Waals surface area contributed by atoms with Gasteiger partial charge in [0.15, 0.2) is 0 Å². The SMILES string of the molecule is CNC(C)c1nnn(-c2cc(F)ccc2F)c1C. The highest BCUT2D eigenvalue weighted by molar-refractivity contribution is 5.35. The Morgan fingerprint density at radius 3 is 2.72 bits per heavy atom. The van der Waals surface area contributed by atoms with Crippen molar-refractivity contribution < 1.29 is 8.78 Å². The summed E-state index contributed by atoms with van der Waals surface area (Å²) in [6.45, 7) is 3.69. The summed E-state index contributed by atoms with van der Waals surface area (Å²) in [5.74, 6) is -1.04. The van der Waals surface area contributed by atoms with Crippen LogP contribution in [0.2, 0.25) is 0 Å². The molecular formula is C12H14F2N4. The molecule has 0 amide bonds. The van der Waals surface area contributed by atoms with Gasteiger partial charge in [0.25, 0.3) is 0 Å². The molecule has 0 aliphatic heterocycles. The van der Waals surface area contributed by atoms with Gasteiger partial charge in [-0.2, -0.15) is 0 Å². The minimum atomic E-state index is -0.534. The Morgan fingerprint density at radius 2 is 2.06 bits per heavy atom. The van der Waals surface area contributed by atoms with Crippen molar-refractivity contribution in [2.45, 2.75) is 19.9 Å². The van der Waals surface area contributed by atoms with Crippen molar-refractivity contribution in [3.8, 4) is 5.69 Å². The first-order chi connectivity index (χ1) is 8.54. The lowest BCUT2D eigenvalue weighted by Gasteiger charge is -2.08. The van der Waals surface area contributed by atoms with Crippen LogP contribution in [-0.2, 0) is 0 Å². The number of nitrogens with one attached hydrogen (secondary N) is 1. The molecule has 1 aromatic carbocycles. The van der Waals surface area contributed by atoms with Crippen molar-refractivity contribution in [3.05, 3.63) is 41.2 Å². The summed E-state index contributed by atoms with van der Waals surface area (Å²) in [4.78, 5) is 0. The molecule has 0 fully saturated rings. The summed E-state index contributed by atoms with van der Waals surface area (Å²) in [5.41, 5.74) is 1.46. The Morgan fingerprint density at radius 1 is 1.33 bits per heavy atom. The van der Waals surface area contributed by atoms with Crippen molar-refractivity contribution in [3.63, 3.8) is 0 Å². The molecule has 0 saturated carbocycles. The van der Waals surface area contributed by atoms with Gasteiger partial charge in [-0.05, 0) is 33.0 Å². The zero-order valence-electron chi connectivity index (χ0n) is 10.4. The van der Waals surface area contributed by atoms with E-state index in [2.05, 4.69) is 15.6 Å². The Bertz CT molecular complexity index is 565. The number of nitrogens with zero attached hydrogens (tertiary/aromatic N) is 3. The van der Waals surface area contributed by atoms with Crippen molar-refractivity contribution in [1.29, 1.82) is 0 Å². The number of halogens is 2. The zero-order valence-corrected chi connectivity index (χ0v) is 10.4. The van der Waals surface area contributed by atoms with Gasteiger partial charge in [0.1, 0.15) is 23.0 Å². The molecule has 2 rings (SSSR count). The van der Waals surface area contributed by atoms with Crippen LogP contribution in [-0.4, -0.2) is 22.0 Å². The zero-order chi connectivity index (χ0) is 13.3. The summed E-state index contributed by atoms with van der Waals surface area (Å²) in [5, 5.41) is 10.9. The third-order valence-corrected chi connectivity index (χ3v) is 2.91. The summed E-state index contributed by atoms with van der Waals surface area (Å²) >= 11 is 0. The first kappa shape index (κ1) is 12.6. The molecule has 6 heteroatoms. The van der Waals surface area contributed by atoms with Crippen LogP contribution in [0.3, 0.4) is 0 Å². The van der Waals surface area contributed by atoms with Gasteiger partial charge in [0.05, 0.1) is 11.7 Å². The van der Waals surface area contributed by atoms with E-state index in [0.717, 1.165) is 18.2 Å². The first-order valence-electron chi connectivity index (χ1n) is 5.59. The fourth-order valence-electron chi connectivity index (χ4n) is 1.75. The quantitative estimate of drug-likeness (QED) is 0.910. The molecular weight excluding hydrogens is 238 g/mol.